The van der Waals surface area contributed by atoms with Crippen LogP contribution in [0.25, 0.3) is 22.2 Å². The molecule has 0 spiro atoms. The Bertz CT molecular complexity index is 1570. The molecule has 2 heterocycles. The van der Waals surface area contributed by atoms with Crippen LogP contribution < -0.4 is 11.1 Å². The number of carbonyl (C=O) groups is 2. The number of hydrogen-bond acceptors (Lipinski definition) is 6. The van der Waals surface area contributed by atoms with Crippen molar-refractivity contribution in [2.24, 2.45) is 5.73 Å². The minimum Gasteiger partial charge on any atom is -0.394 e. The van der Waals surface area contributed by atoms with Crippen LogP contribution in [0.4, 0.5) is 0 Å². The molecule has 3 unspecified atom stereocenters. The van der Waals surface area contributed by atoms with Crippen LogP contribution in [-0.2, 0) is 22.5 Å². The van der Waals surface area contributed by atoms with Gasteiger partial charge in [0.25, 0.3) is 5.91 Å². The van der Waals surface area contributed by atoms with Crippen molar-refractivity contribution in [1.82, 2.24) is 19.8 Å². The fourth-order valence-corrected chi connectivity index (χ4v) is 6.15. The molecule has 5 rings (SSSR count). The fraction of sp³-hybridized carbons (Fsp3) is 0.417. The molecule has 3 aromatic carbocycles. The number of para-hydroxylation sites is 2. The van der Waals surface area contributed by atoms with Gasteiger partial charge in [-0.15, -0.1) is 0 Å². The second-order valence-electron chi connectivity index (χ2n) is 12.1. The molecule has 3 atom stereocenters. The average molecular weight is 612 g/mol. The van der Waals surface area contributed by atoms with Crippen LogP contribution in [0.3, 0.4) is 0 Å². The Morgan fingerprint density at radius 1 is 1.07 bits per heavy atom. The molecule has 1 aliphatic rings. The summed E-state index contributed by atoms with van der Waals surface area (Å²) < 4.78 is 7.61. The van der Waals surface area contributed by atoms with Gasteiger partial charge in [0, 0.05) is 63.3 Å². The van der Waals surface area contributed by atoms with Crippen molar-refractivity contribution in [3.05, 3.63) is 89.7 Å². The SMILES string of the molecule is COCCCn1c(C2CCCN(C(=O)CC(N)Cc3ccc(-c4ccc(C(=O)NC(C)CO)cc4)cc3)C2)nc2ccccc21. The minimum atomic E-state index is -0.296. The Hall–Kier alpha value is -4.05. The Morgan fingerprint density at radius 2 is 1.78 bits per heavy atom. The number of nitrogens with two attached hydrogens (primary N) is 1. The van der Waals surface area contributed by atoms with Crippen LogP contribution >= 0.6 is 0 Å². The number of piperidine rings is 1. The van der Waals surface area contributed by atoms with Gasteiger partial charge >= 0.3 is 0 Å². The van der Waals surface area contributed by atoms with Gasteiger partial charge in [0.15, 0.2) is 0 Å². The summed E-state index contributed by atoms with van der Waals surface area (Å²) in [6, 6.07) is 23.3. The topological polar surface area (TPSA) is 123 Å². The van der Waals surface area contributed by atoms with Crippen LogP contribution in [0.2, 0.25) is 0 Å². The third-order valence-corrected chi connectivity index (χ3v) is 8.57. The number of carbonyl (C=O) groups excluding carboxylic acids is 2. The lowest BCUT2D eigenvalue weighted by Crippen LogP contribution is -2.42. The summed E-state index contributed by atoms with van der Waals surface area (Å²) in [5.74, 6) is 1.14. The zero-order chi connectivity index (χ0) is 31.8. The quantitative estimate of drug-likeness (QED) is 0.191. The van der Waals surface area contributed by atoms with E-state index in [9.17, 15) is 9.59 Å². The number of likely N-dealkylation sites (tertiary alicyclic amines) is 1. The molecule has 9 nitrogen and oxygen atoms in total. The number of amides is 2. The highest BCUT2D eigenvalue weighted by Crippen LogP contribution is 2.30. The number of aromatic nitrogens is 2. The third kappa shape index (κ3) is 8.16. The number of ether oxygens (including phenoxy) is 1. The Labute approximate surface area is 265 Å². The van der Waals surface area contributed by atoms with E-state index in [-0.39, 0.29) is 36.4 Å². The van der Waals surface area contributed by atoms with Gasteiger partial charge in [-0.05, 0) is 73.6 Å². The van der Waals surface area contributed by atoms with Gasteiger partial charge in [-0.2, -0.15) is 0 Å². The van der Waals surface area contributed by atoms with Crippen LogP contribution in [0, 0.1) is 0 Å². The molecule has 2 amide bonds. The minimum absolute atomic E-state index is 0.100. The molecule has 0 bridgehead atoms. The number of aliphatic hydroxyl groups excluding tert-OH is 1. The van der Waals surface area contributed by atoms with E-state index < -0.39 is 0 Å². The average Bonchev–Trinajstić information content (AvgIpc) is 3.43. The molecule has 0 radical (unpaired) electrons. The molecule has 9 heteroatoms. The normalized spacial score (nSPS) is 16.4. The van der Waals surface area contributed by atoms with Crippen LogP contribution in [-0.4, -0.2) is 76.9 Å². The predicted molar refractivity (Wildman–Crippen MR) is 177 cm³/mol. The summed E-state index contributed by atoms with van der Waals surface area (Å²) in [7, 11) is 1.73. The maximum absolute atomic E-state index is 13.4. The molecule has 1 aromatic heterocycles. The first kappa shape index (κ1) is 32.3. The van der Waals surface area contributed by atoms with E-state index in [1.807, 2.05) is 53.4 Å². The van der Waals surface area contributed by atoms with E-state index in [0.717, 1.165) is 65.9 Å². The van der Waals surface area contributed by atoms with Gasteiger partial charge < -0.3 is 30.4 Å². The summed E-state index contributed by atoms with van der Waals surface area (Å²) in [4.78, 5) is 32.7. The second kappa shape index (κ2) is 15.3. The highest BCUT2D eigenvalue weighted by atomic mass is 16.5. The first-order valence-electron chi connectivity index (χ1n) is 15.9. The van der Waals surface area contributed by atoms with Gasteiger partial charge in [0.05, 0.1) is 17.6 Å². The van der Waals surface area contributed by atoms with Crippen molar-refractivity contribution >= 4 is 22.8 Å². The number of nitrogens with zero attached hydrogens (tertiary/aromatic N) is 3. The number of benzene rings is 3. The summed E-state index contributed by atoms with van der Waals surface area (Å²) in [6.07, 6.45) is 3.78. The van der Waals surface area contributed by atoms with Crippen molar-refractivity contribution in [2.45, 2.75) is 63.6 Å². The number of rotatable bonds is 13. The second-order valence-corrected chi connectivity index (χ2v) is 12.1. The smallest absolute Gasteiger partial charge is 0.251 e. The number of fused-ring (bicyclic) bond motifs is 1. The van der Waals surface area contributed by atoms with Crippen molar-refractivity contribution in [1.29, 1.82) is 0 Å². The summed E-state index contributed by atoms with van der Waals surface area (Å²) in [6.45, 7) is 4.60. The van der Waals surface area contributed by atoms with Gasteiger partial charge in [-0.25, -0.2) is 4.98 Å². The summed E-state index contributed by atoms with van der Waals surface area (Å²) in [5.41, 5.74) is 12.3. The van der Waals surface area contributed by atoms with Gasteiger partial charge in [-0.3, -0.25) is 9.59 Å². The van der Waals surface area contributed by atoms with E-state index in [4.69, 9.17) is 20.6 Å². The third-order valence-electron chi connectivity index (χ3n) is 8.57. The molecule has 0 saturated carbocycles. The first-order chi connectivity index (χ1) is 21.9. The molecular formula is C36H45N5O4. The Morgan fingerprint density at radius 3 is 2.49 bits per heavy atom. The molecule has 1 aliphatic heterocycles. The van der Waals surface area contributed by atoms with E-state index >= 15 is 0 Å². The van der Waals surface area contributed by atoms with Crippen LogP contribution in [0.5, 0.6) is 0 Å². The Kier molecular flexibility index (Phi) is 11.0. The number of aliphatic hydroxyl groups is 1. The van der Waals surface area contributed by atoms with Crippen LogP contribution in [0.1, 0.15) is 60.3 Å². The number of nitrogens with one attached hydrogen (secondary N) is 1. The largest absolute Gasteiger partial charge is 0.394 e. The van der Waals surface area contributed by atoms with Gasteiger partial charge in [-0.1, -0.05) is 48.5 Å². The van der Waals surface area contributed by atoms with Crippen LogP contribution in [0.15, 0.2) is 72.8 Å². The zero-order valence-electron chi connectivity index (χ0n) is 26.3. The molecular weight excluding hydrogens is 566 g/mol. The lowest BCUT2D eigenvalue weighted by atomic mass is 9.95. The highest BCUT2D eigenvalue weighted by Gasteiger charge is 2.29. The monoisotopic (exact) mass is 611 g/mol. The summed E-state index contributed by atoms with van der Waals surface area (Å²) in [5, 5.41) is 11.9. The lowest BCUT2D eigenvalue weighted by molar-refractivity contribution is -0.132. The van der Waals surface area contributed by atoms with E-state index in [0.29, 0.717) is 31.6 Å². The van der Waals surface area contributed by atoms with Gasteiger partial charge in [0.2, 0.25) is 5.91 Å². The molecule has 4 N–H and O–H groups in total. The maximum Gasteiger partial charge on any atom is 0.251 e. The number of aryl methyl sites for hydroxylation is 1. The van der Waals surface area contributed by atoms with E-state index in [1.165, 1.54) is 0 Å². The molecule has 45 heavy (non-hydrogen) atoms. The molecule has 1 saturated heterocycles. The molecule has 1 fully saturated rings. The highest BCUT2D eigenvalue weighted by molar-refractivity contribution is 5.94. The maximum atomic E-state index is 13.4. The number of methoxy groups -OCH3 is 1. The van der Waals surface area contributed by atoms with Crippen molar-refractivity contribution in [3.8, 4) is 11.1 Å². The Balaban J connectivity index is 1.16. The van der Waals surface area contributed by atoms with Crippen molar-refractivity contribution in [3.63, 3.8) is 0 Å². The first-order valence-corrected chi connectivity index (χ1v) is 15.9. The molecule has 0 aliphatic carbocycles. The molecule has 238 valence electrons. The van der Waals surface area contributed by atoms with Crippen molar-refractivity contribution in [2.75, 3.05) is 33.4 Å². The number of imidazole rings is 1. The zero-order valence-corrected chi connectivity index (χ0v) is 26.3. The van der Waals surface area contributed by atoms with Gasteiger partial charge in [0.1, 0.15) is 5.82 Å². The fourth-order valence-electron chi connectivity index (χ4n) is 6.15. The van der Waals surface area contributed by atoms with Crippen molar-refractivity contribution < 1.29 is 19.4 Å². The number of hydrogen-bond donors (Lipinski definition) is 3. The van der Waals surface area contributed by atoms with E-state index in [1.54, 1.807) is 26.2 Å². The standard InChI is InChI=1S/C36H45N5O4/c1-25(24-42)38-36(44)29-16-14-28(15-17-29)27-12-10-26(11-13-27)21-31(37)22-34(43)40-18-5-7-30(23-40)35-39-32-8-3-4-9-33(32)41(35)19-6-20-45-2/h3-4,8-17,25,30-31,42H,5-7,18-24,37H2,1-2H3,(H,38,44). The van der Waals surface area contributed by atoms with E-state index in [2.05, 4.69) is 22.0 Å². The summed E-state index contributed by atoms with van der Waals surface area (Å²) >= 11 is 0. The lowest BCUT2D eigenvalue weighted by Gasteiger charge is -2.33. The molecule has 4 aromatic rings. The predicted octanol–water partition coefficient (Wildman–Crippen LogP) is 4.52.